The van der Waals surface area contributed by atoms with E-state index in [4.69, 9.17) is 18.6 Å². The van der Waals surface area contributed by atoms with Crippen molar-refractivity contribution in [3.05, 3.63) is 131 Å². The van der Waals surface area contributed by atoms with Gasteiger partial charge in [-0.05, 0) is 88.6 Å². The Kier molecular flexibility index (Phi) is 9.95. The van der Waals surface area contributed by atoms with Crippen molar-refractivity contribution in [2.75, 3.05) is 0 Å². The molecule has 6 rings (SSSR count). The summed E-state index contributed by atoms with van der Waals surface area (Å²) in [4.78, 5) is 0. The fourth-order valence-electron chi connectivity index (χ4n) is 5.00. The molecule has 2 saturated heterocycles. The Morgan fingerprint density at radius 2 is 0.587 bits per heavy atom. The fraction of sp³-hybridized carbons (Fsp3) is 0.300. The maximum absolute atomic E-state index is 6.08. The van der Waals surface area contributed by atoms with Crippen molar-refractivity contribution in [3.8, 4) is 0 Å². The summed E-state index contributed by atoms with van der Waals surface area (Å²) in [6.45, 7) is 16.6. The van der Waals surface area contributed by atoms with Crippen LogP contribution in [0.3, 0.4) is 0 Å². The molecule has 0 unspecified atom stereocenters. The third-order valence-corrected chi connectivity index (χ3v) is 9.46. The quantitative estimate of drug-likeness (QED) is 0.162. The summed E-state index contributed by atoms with van der Waals surface area (Å²) >= 11 is 0. The summed E-state index contributed by atoms with van der Waals surface area (Å²) in [5, 5.41) is 0. The molecule has 0 saturated carbocycles. The van der Waals surface area contributed by atoms with Crippen LogP contribution in [-0.4, -0.2) is 36.6 Å². The first-order valence-electron chi connectivity index (χ1n) is 16.1. The average molecular weight is 612 g/mol. The first-order valence-corrected chi connectivity index (χ1v) is 16.1. The normalized spacial score (nSPS) is 19.4. The van der Waals surface area contributed by atoms with Crippen LogP contribution in [-0.2, 0) is 18.6 Å². The van der Waals surface area contributed by atoms with E-state index in [1.54, 1.807) is 0 Å². The highest BCUT2D eigenvalue weighted by Crippen LogP contribution is 2.37. The van der Waals surface area contributed by atoms with Gasteiger partial charge in [0.15, 0.2) is 0 Å². The van der Waals surface area contributed by atoms with Crippen LogP contribution >= 0.6 is 0 Å². The summed E-state index contributed by atoms with van der Waals surface area (Å²) in [5.41, 5.74) is 5.62. The van der Waals surface area contributed by atoms with Gasteiger partial charge in [0.1, 0.15) is 0 Å². The Morgan fingerprint density at radius 3 is 0.848 bits per heavy atom. The predicted octanol–water partition coefficient (Wildman–Crippen LogP) is 8.31. The van der Waals surface area contributed by atoms with Crippen molar-refractivity contribution in [1.29, 1.82) is 0 Å². The first kappa shape index (κ1) is 33.7. The molecule has 0 amide bonds. The lowest BCUT2D eigenvalue weighted by Gasteiger charge is -2.32. The monoisotopic (exact) mass is 612 g/mol. The van der Waals surface area contributed by atoms with Gasteiger partial charge in [-0.3, -0.25) is 0 Å². The van der Waals surface area contributed by atoms with Crippen LogP contribution in [0.25, 0.3) is 24.3 Å². The van der Waals surface area contributed by atoms with Crippen molar-refractivity contribution in [1.82, 2.24) is 0 Å². The minimum absolute atomic E-state index is 0.299. The molecule has 0 radical (unpaired) electrons. The van der Waals surface area contributed by atoms with Crippen molar-refractivity contribution in [3.63, 3.8) is 0 Å². The van der Waals surface area contributed by atoms with Gasteiger partial charge in [0.25, 0.3) is 0 Å². The second-order valence-corrected chi connectivity index (χ2v) is 14.0. The van der Waals surface area contributed by atoms with Gasteiger partial charge in [-0.25, -0.2) is 0 Å². The number of hydrogen-bond donors (Lipinski definition) is 0. The van der Waals surface area contributed by atoms with Crippen LogP contribution in [0.1, 0.15) is 77.6 Å². The topological polar surface area (TPSA) is 36.9 Å². The molecular formula is C40H46B2O4. The molecule has 4 nitrogen and oxygen atoms in total. The van der Waals surface area contributed by atoms with Crippen LogP contribution in [0.5, 0.6) is 0 Å². The van der Waals surface area contributed by atoms with Gasteiger partial charge in [0.05, 0.1) is 22.4 Å². The van der Waals surface area contributed by atoms with Crippen molar-refractivity contribution in [2.45, 2.75) is 77.8 Å². The van der Waals surface area contributed by atoms with Crippen LogP contribution in [0.2, 0.25) is 0 Å². The molecular weight excluding hydrogens is 566 g/mol. The summed E-state index contributed by atoms with van der Waals surface area (Å²) in [7, 11) is -0.598. The number of benzene rings is 4. The van der Waals surface area contributed by atoms with Gasteiger partial charge in [0.2, 0.25) is 0 Å². The van der Waals surface area contributed by atoms with Gasteiger partial charge in [-0.1, -0.05) is 133 Å². The molecule has 2 heterocycles. The van der Waals surface area contributed by atoms with Crippen molar-refractivity contribution in [2.24, 2.45) is 0 Å². The SMILES string of the molecule is CC1(C)OB(c2ccc(/C=C/c3ccccc3)cc2)OC1(C)C.CC1(C)OB(c2ccc(/C=C/c3ccccc3)cc2)OC1(C)C. The molecule has 2 aliphatic rings. The highest BCUT2D eigenvalue weighted by molar-refractivity contribution is 6.62. The third-order valence-electron chi connectivity index (χ3n) is 9.46. The maximum Gasteiger partial charge on any atom is 0.494 e. The molecule has 0 aromatic heterocycles. The van der Waals surface area contributed by atoms with Gasteiger partial charge in [-0.2, -0.15) is 0 Å². The van der Waals surface area contributed by atoms with Gasteiger partial charge in [0, 0.05) is 0 Å². The van der Waals surface area contributed by atoms with Crippen LogP contribution in [0.15, 0.2) is 109 Å². The molecule has 0 N–H and O–H groups in total. The second kappa shape index (κ2) is 13.6. The largest absolute Gasteiger partial charge is 0.494 e. The van der Waals surface area contributed by atoms with E-state index in [1.165, 1.54) is 11.1 Å². The number of rotatable bonds is 6. The summed E-state index contributed by atoms with van der Waals surface area (Å²) < 4.78 is 24.3. The van der Waals surface area contributed by atoms with E-state index in [2.05, 4.69) is 152 Å². The minimum atomic E-state index is -0.302. The van der Waals surface area contributed by atoms with Crippen molar-refractivity contribution >= 4 is 49.5 Å². The Labute approximate surface area is 276 Å². The second-order valence-electron chi connectivity index (χ2n) is 14.0. The molecule has 4 aromatic carbocycles. The van der Waals surface area contributed by atoms with E-state index in [1.807, 2.05) is 36.4 Å². The predicted molar refractivity (Wildman–Crippen MR) is 195 cm³/mol. The Hall–Kier alpha value is -3.67. The standard InChI is InChI=1S/2C20H23BO2/c2*1-19(2)20(3,4)23-21(22-19)18-14-12-17(13-15-18)11-10-16-8-6-5-7-9-16/h2*5-15H,1-4H3/b2*11-10+. The van der Waals surface area contributed by atoms with Crippen molar-refractivity contribution < 1.29 is 18.6 Å². The molecule has 0 aliphatic carbocycles. The van der Waals surface area contributed by atoms with E-state index in [9.17, 15) is 0 Å². The highest BCUT2D eigenvalue weighted by Gasteiger charge is 2.52. The molecule has 2 aliphatic heterocycles. The molecule has 6 heteroatoms. The molecule has 0 atom stereocenters. The third kappa shape index (κ3) is 8.00. The maximum atomic E-state index is 6.08. The Morgan fingerprint density at radius 1 is 0.348 bits per heavy atom. The van der Waals surface area contributed by atoms with Gasteiger partial charge in [-0.15, -0.1) is 0 Å². The van der Waals surface area contributed by atoms with Crippen LogP contribution < -0.4 is 10.9 Å². The molecule has 2 fully saturated rings. The van der Waals surface area contributed by atoms with Gasteiger partial charge >= 0.3 is 14.2 Å². The lowest BCUT2D eigenvalue weighted by molar-refractivity contribution is 0.00578. The number of hydrogen-bond acceptors (Lipinski definition) is 4. The fourth-order valence-corrected chi connectivity index (χ4v) is 5.00. The zero-order valence-corrected chi connectivity index (χ0v) is 28.5. The Balaban J connectivity index is 0.000000181. The summed E-state index contributed by atoms with van der Waals surface area (Å²) in [5.74, 6) is 0. The molecule has 0 bridgehead atoms. The summed E-state index contributed by atoms with van der Waals surface area (Å²) in [6.07, 6.45) is 8.46. The van der Waals surface area contributed by atoms with E-state index >= 15 is 0 Å². The average Bonchev–Trinajstić information content (AvgIpc) is 3.40. The van der Waals surface area contributed by atoms with E-state index in [-0.39, 0.29) is 36.6 Å². The zero-order valence-electron chi connectivity index (χ0n) is 28.5. The van der Waals surface area contributed by atoms with E-state index < -0.39 is 0 Å². The molecule has 0 spiro atoms. The zero-order chi connectivity index (χ0) is 33.0. The lowest BCUT2D eigenvalue weighted by atomic mass is 9.79. The molecule has 236 valence electrons. The van der Waals surface area contributed by atoms with Crippen LogP contribution in [0, 0.1) is 0 Å². The molecule has 46 heavy (non-hydrogen) atoms. The smallest absolute Gasteiger partial charge is 0.399 e. The summed E-state index contributed by atoms with van der Waals surface area (Å²) in [6, 6.07) is 37.3. The lowest BCUT2D eigenvalue weighted by Crippen LogP contribution is -2.41. The van der Waals surface area contributed by atoms with Crippen LogP contribution in [0.4, 0.5) is 0 Å². The first-order chi connectivity index (χ1) is 21.7. The van der Waals surface area contributed by atoms with E-state index in [0.717, 1.165) is 22.1 Å². The van der Waals surface area contributed by atoms with E-state index in [0.29, 0.717) is 0 Å². The Bertz CT molecular complexity index is 1470. The molecule has 4 aromatic rings. The van der Waals surface area contributed by atoms with Gasteiger partial charge < -0.3 is 18.6 Å². The highest BCUT2D eigenvalue weighted by atomic mass is 16.7. The minimum Gasteiger partial charge on any atom is -0.399 e.